The summed E-state index contributed by atoms with van der Waals surface area (Å²) in [5.74, 6) is 0.460. The Bertz CT molecular complexity index is 1170. The Morgan fingerprint density at radius 3 is 2.28 bits per heavy atom. The van der Waals surface area contributed by atoms with Crippen LogP contribution in [0.4, 0.5) is 0 Å². The molecule has 0 radical (unpaired) electrons. The Hall–Kier alpha value is -2.63. The Labute approximate surface area is 198 Å². The zero-order valence-electron chi connectivity index (χ0n) is 19.4. The summed E-state index contributed by atoms with van der Waals surface area (Å²) in [5.41, 5.74) is 1.14. The van der Waals surface area contributed by atoms with Crippen LogP contribution in [0.15, 0.2) is 80.6 Å². The van der Waals surface area contributed by atoms with E-state index in [0.717, 1.165) is 21.8 Å². The second-order valence-electron chi connectivity index (χ2n) is 6.88. The third kappa shape index (κ3) is 5.22. The molecule has 2 aromatic heterocycles. The van der Waals surface area contributed by atoms with Crippen LogP contribution < -0.4 is 5.56 Å². The van der Waals surface area contributed by atoms with Crippen molar-refractivity contribution in [1.29, 1.82) is 0 Å². The molecule has 0 bridgehead atoms. The van der Waals surface area contributed by atoms with E-state index in [0.29, 0.717) is 28.8 Å². The molecule has 32 heavy (non-hydrogen) atoms. The summed E-state index contributed by atoms with van der Waals surface area (Å²) < 4.78 is 6.38. The van der Waals surface area contributed by atoms with Gasteiger partial charge in [-0.25, -0.2) is 0 Å². The molecule has 0 fully saturated rings. The number of fused-ring (bicyclic) bond motifs is 1. The number of furan rings is 1. The van der Waals surface area contributed by atoms with Crippen molar-refractivity contribution in [2.75, 3.05) is 0 Å². The van der Waals surface area contributed by atoms with Gasteiger partial charge in [-0.3, -0.25) is 4.79 Å². The van der Waals surface area contributed by atoms with Crippen molar-refractivity contribution in [2.24, 2.45) is 0 Å². The van der Waals surface area contributed by atoms with Gasteiger partial charge < -0.3 is 14.5 Å². The van der Waals surface area contributed by atoms with Crippen LogP contribution >= 0.6 is 15.9 Å². The molecule has 0 amide bonds. The summed E-state index contributed by atoms with van der Waals surface area (Å²) in [6.45, 7) is 10.0. The molecule has 4 rings (SSSR count). The third-order valence-electron chi connectivity index (χ3n) is 4.99. The predicted molar refractivity (Wildman–Crippen MR) is 137 cm³/mol. The number of aliphatic hydroxyl groups is 1. The number of halogens is 1. The Balaban J connectivity index is 0.000000860. The van der Waals surface area contributed by atoms with Gasteiger partial charge in [0.25, 0.3) is 5.56 Å². The maximum absolute atomic E-state index is 12.9. The van der Waals surface area contributed by atoms with Crippen molar-refractivity contribution in [1.82, 2.24) is 4.98 Å². The lowest BCUT2D eigenvalue weighted by atomic mass is 9.85. The zero-order chi connectivity index (χ0) is 23.7. The fourth-order valence-corrected chi connectivity index (χ4v) is 4.18. The van der Waals surface area contributed by atoms with Gasteiger partial charge >= 0.3 is 0 Å². The molecule has 0 spiro atoms. The zero-order valence-corrected chi connectivity index (χ0v) is 21.0. The van der Waals surface area contributed by atoms with Gasteiger partial charge in [-0.05, 0) is 42.3 Å². The second-order valence-corrected chi connectivity index (χ2v) is 7.80. The van der Waals surface area contributed by atoms with Crippen molar-refractivity contribution < 1.29 is 9.52 Å². The van der Waals surface area contributed by atoms with Crippen molar-refractivity contribution in [3.8, 4) is 11.1 Å². The van der Waals surface area contributed by atoms with Gasteiger partial charge in [0.05, 0.1) is 11.8 Å². The van der Waals surface area contributed by atoms with Crippen molar-refractivity contribution in [3.05, 3.63) is 93.1 Å². The van der Waals surface area contributed by atoms with Crippen LogP contribution in [0.3, 0.4) is 0 Å². The Kier molecular flexibility index (Phi) is 9.48. The fraction of sp³-hybridized carbons (Fsp3) is 0.296. The number of hydrogen-bond acceptors (Lipinski definition) is 3. The molecule has 1 atom stereocenters. The normalized spacial score (nSPS) is 12.2. The van der Waals surface area contributed by atoms with Gasteiger partial charge in [0.2, 0.25) is 0 Å². The smallest absolute Gasteiger partial charge is 0.256 e. The molecule has 5 heteroatoms. The lowest BCUT2D eigenvalue weighted by Crippen LogP contribution is -2.28. The fourth-order valence-electron chi connectivity index (χ4n) is 3.71. The number of benzene rings is 2. The quantitative estimate of drug-likeness (QED) is 0.297. The highest BCUT2D eigenvalue weighted by Gasteiger charge is 2.36. The highest BCUT2D eigenvalue weighted by atomic mass is 79.9. The Morgan fingerprint density at radius 2 is 1.69 bits per heavy atom. The summed E-state index contributed by atoms with van der Waals surface area (Å²) in [6.07, 6.45) is 2.76. The first-order valence-electron chi connectivity index (χ1n) is 11.2. The number of aromatic amines is 1. The molecule has 170 valence electrons. The van der Waals surface area contributed by atoms with E-state index >= 15 is 0 Å². The number of nitrogens with one attached hydrogen (secondary N) is 1. The van der Waals surface area contributed by atoms with Gasteiger partial charge in [-0.15, -0.1) is 0 Å². The van der Waals surface area contributed by atoms with E-state index in [1.165, 1.54) is 0 Å². The van der Waals surface area contributed by atoms with E-state index in [-0.39, 0.29) is 5.56 Å². The van der Waals surface area contributed by atoms with E-state index in [1.807, 2.05) is 83.1 Å². The lowest BCUT2D eigenvalue weighted by molar-refractivity contribution is 0.0481. The van der Waals surface area contributed by atoms with E-state index < -0.39 is 5.60 Å². The van der Waals surface area contributed by atoms with Gasteiger partial charge in [-0.2, -0.15) is 0 Å². The van der Waals surface area contributed by atoms with E-state index in [4.69, 9.17) is 4.42 Å². The molecule has 0 saturated carbocycles. The average Bonchev–Trinajstić information content (AvgIpc) is 3.38. The number of H-pyrrole nitrogens is 1. The first kappa shape index (κ1) is 25.6. The number of hydrogen-bond donors (Lipinski definition) is 2. The molecule has 2 aromatic carbocycles. The first-order valence-corrected chi connectivity index (χ1v) is 12.0. The second kappa shape index (κ2) is 11.8. The number of aromatic nitrogens is 1. The minimum Gasteiger partial charge on any atom is -0.466 e. The standard InChI is InChI=1S/C23H20BrNO3.2C2H6/c1-2-10-23(27,20-9-6-11-28-20)19-14-17(24)12-16-13-18(22(26)25-21(16)19)15-7-4-3-5-8-15;2*1-2/h3-9,11-14,27H,2,10H2,1H3,(H,25,26);2*1-2H3. The topological polar surface area (TPSA) is 66.2 Å². The molecular formula is C27H32BrNO3. The highest BCUT2D eigenvalue weighted by Crippen LogP contribution is 2.39. The van der Waals surface area contributed by atoms with Gasteiger partial charge in [0.15, 0.2) is 0 Å². The molecular weight excluding hydrogens is 466 g/mol. The molecule has 2 N–H and O–H groups in total. The van der Waals surface area contributed by atoms with E-state index in [9.17, 15) is 9.90 Å². The minimum atomic E-state index is -1.34. The van der Waals surface area contributed by atoms with Crippen molar-refractivity contribution in [3.63, 3.8) is 0 Å². The maximum atomic E-state index is 12.9. The van der Waals surface area contributed by atoms with Crippen LogP contribution in [-0.4, -0.2) is 10.1 Å². The molecule has 0 aliphatic heterocycles. The highest BCUT2D eigenvalue weighted by molar-refractivity contribution is 9.10. The number of pyridine rings is 1. The van der Waals surface area contributed by atoms with Gasteiger partial charge in [0, 0.05) is 21.0 Å². The SMILES string of the molecule is CC.CC.CCCC(O)(c1ccco1)c1cc(Br)cc2cc(-c3ccccc3)c(=O)[nH]c12. The Morgan fingerprint density at radius 1 is 1.00 bits per heavy atom. The van der Waals surface area contributed by atoms with Gasteiger partial charge in [-0.1, -0.05) is 87.3 Å². The maximum Gasteiger partial charge on any atom is 0.256 e. The predicted octanol–water partition coefficient (Wildman–Crippen LogP) is 7.64. The summed E-state index contributed by atoms with van der Waals surface area (Å²) in [6, 6.07) is 18.7. The monoisotopic (exact) mass is 497 g/mol. The van der Waals surface area contributed by atoms with Crippen LogP contribution in [0.2, 0.25) is 0 Å². The van der Waals surface area contributed by atoms with Crippen LogP contribution in [0.5, 0.6) is 0 Å². The van der Waals surface area contributed by atoms with E-state index in [1.54, 1.807) is 18.4 Å². The molecule has 2 heterocycles. The average molecular weight is 498 g/mol. The number of rotatable bonds is 5. The first-order chi connectivity index (χ1) is 15.5. The van der Waals surface area contributed by atoms with Crippen LogP contribution in [0, 0.1) is 0 Å². The summed E-state index contributed by atoms with van der Waals surface area (Å²) in [7, 11) is 0. The molecule has 0 aliphatic carbocycles. The molecule has 0 saturated heterocycles. The molecule has 0 aliphatic rings. The van der Waals surface area contributed by atoms with Crippen LogP contribution in [-0.2, 0) is 5.60 Å². The summed E-state index contributed by atoms with van der Waals surface area (Å²) in [5, 5.41) is 12.4. The van der Waals surface area contributed by atoms with Crippen LogP contribution in [0.25, 0.3) is 22.0 Å². The van der Waals surface area contributed by atoms with Crippen LogP contribution in [0.1, 0.15) is 58.8 Å². The van der Waals surface area contributed by atoms with Crippen molar-refractivity contribution in [2.45, 2.75) is 53.1 Å². The molecule has 4 aromatic rings. The largest absolute Gasteiger partial charge is 0.466 e. The van der Waals surface area contributed by atoms with Crippen molar-refractivity contribution >= 4 is 26.8 Å². The lowest BCUT2D eigenvalue weighted by Gasteiger charge is -2.27. The molecule has 1 unspecified atom stereocenters. The molecule has 4 nitrogen and oxygen atoms in total. The summed E-state index contributed by atoms with van der Waals surface area (Å²) >= 11 is 3.56. The summed E-state index contributed by atoms with van der Waals surface area (Å²) in [4.78, 5) is 15.9. The third-order valence-corrected chi connectivity index (χ3v) is 5.45. The van der Waals surface area contributed by atoms with E-state index in [2.05, 4.69) is 20.9 Å². The van der Waals surface area contributed by atoms with Gasteiger partial charge in [0.1, 0.15) is 11.4 Å². The minimum absolute atomic E-state index is 0.194.